The van der Waals surface area contributed by atoms with Crippen LogP contribution < -0.4 is 11.0 Å². The second kappa shape index (κ2) is 4.40. The Morgan fingerprint density at radius 1 is 1.53 bits per heavy atom. The standard InChI is InChI=1S/C10H15N5OS/c1-10(2,17-3)6-11-7-4-5-8-12-13-9(16)15(8)14-7/h4-5H,6H2,1-3H3,(H,11,14)(H,13,16). The van der Waals surface area contributed by atoms with Gasteiger partial charge in [-0.25, -0.2) is 9.89 Å². The molecular formula is C10H15N5OS. The maximum absolute atomic E-state index is 11.3. The van der Waals surface area contributed by atoms with E-state index in [9.17, 15) is 4.79 Å². The number of nitrogens with zero attached hydrogens (tertiary/aromatic N) is 3. The summed E-state index contributed by atoms with van der Waals surface area (Å²) in [7, 11) is 0. The summed E-state index contributed by atoms with van der Waals surface area (Å²) in [5.41, 5.74) is 0.192. The molecule has 0 amide bonds. The number of thioether (sulfide) groups is 1. The lowest BCUT2D eigenvalue weighted by atomic mass is 10.2. The van der Waals surface area contributed by atoms with Gasteiger partial charge in [-0.1, -0.05) is 0 Å². The Morgan fingerprint density at radius 3 is 3.00 bits per heavy atom. The number of aromatic amines is 1. The quantitative estimate of drug-likeness (QED) is 0.849. The Labute approximate surface area is 103 Å². The molecule has 2 aromatic rings. The normalized spacial score (nSPS) is 11.9. The van der Waals surface area contributed by atoms with Gasteiger partial charge < -0.3 is 5.32 Å². The van der Waals surface area contributed by atoms with Crippen LogP contribution in [0.4, 0.5) is 5.82 Å². The lowest BCUT2D eigenvalue weighted by Crippen LogP contribution is -2.26. The van der Waals surface area contributed by atoms with E-state index in [1.807, 2.05) is 6.07 Å². The third-order valence-corrected chi connectivity index (χ3v) is 3.77. The van der Waals surface area contributed by atoms with Crippen molar-refractivity contribution in [3.8, 4) is 0 Å². The van der Waals surface area contributed by atoms with E-state index in [1.54, 1.807) is 17.8 Å². The largest absolute Gasteiger partial charge is 0.367 e. The van der Waals surface area contributed by atoms with E-state index < -0.39 is 0 Å². The minimum absolute atomic E-state index is 0.123. The van der Waals surface area contributed by atoms with Crippen LogP contribution in [0.3, 0.4) is 0 Å². The summed E-state index contributed by atoms with van der Waals surface area (Å²) in [5, 5.41) is 13.5. The molecule has 0 aromatic carbocycles. The summed E-state index contributed by atoms with van der Waals surface area (Å²) in [6, 6.07) is 3.56. The van der Waals surface area contributed by atoms with Gasteiger partial charge in [-0.05, 0) is 32.2 Å². The highest BCUT2D eigenvalue weighted by molar-refractivity contribution is 7.99. The summed E-state index contributed by atoms with van der Waals surface area (Å²) >= 11 is 1.78. The monoisotopic (exact) mass is 253 g/mol. The van der Waals surface area contributed by atoms with Gasteiger partial charge in [-0.2, -0.15) is 21.4 Å². The summed E-state index contributed by atoms with van der Waals surface area (Å²) in [5.74, 6) is 0.670. The number of nitrogens with one attached hydrogen (secondary N) is 2. The van der Waals surface area contributed by atoms with Crippen molar-refractivity contribution in [3.05, 3.63) is 22.6 Å². The Bertz CT molecular complexity index is 573. The van der Waals surface area contributed by atoms with Crippen molar-refractivity contribution in [2.24, 2.45) is 0 Å². The van der Waals surface area contributed by atoms with E-state index in [0.717, 1.165) is 6.54 Å². The van der Waals surface area contributed by atoms with Crippen LogP contribution in [0.1, 0.15) is 13.8 Å². The number of hydrogen-bond acceptors (Lipinski definition) is 5. The molecule has 2 rings (SSSR count). The molecule has 0 fully saturated rings. The predicted octanol–water partition coefficient (Wildman–Crippen LogP) is 0.971. The fraction of sp³-hybridized carbons (Fsp3) is 0.500. The van der Waals surface area contributed by atoms with Crippen molar-refractivity contribution < 1.29 is 0 Å². The van der Waals surface area contributed by atoms with E-state index >= 15 is 0 Å². The van der Waals surface area contributed by atoms with Crippen molar-refractivity contribution in [2.45, 2.75) is 18.6 Å². The minimum atomic E-state index is -0.326. The Kier molecular flexibility index (Phi) is 3.10. The molecule has 17 heavy (non-hydrogen) atoms. The van der Waals surface area contributed by atoms with Gasteiger partial charge >= 0.3 is 5.69 Å². The summed E-state index contributed by atoms with van der Waals surface area (Å²) < 4.78 is 1.37. The first-order valence-electron chi connectivity index (χ1n) is 5.25. The molecule has 0 atom stereocenters. The SMILES string of the molecule is CSC(C)(C)CNc1ccc2n[nH]c(=O)n2n1. The highest BCUT2D eigenvalue weighted by Crippen LogP contribution is 2.21. The van der Waals surface area contributed by atoms with Crippen LogP contribution in [0.2, 0.25) is 0 Å². The molecule has 0 aliphatic carbocycles. The third kappa shape index (κ3) is 2.60. The first kappa shape index (κ1) is 12.0. The van der Waals surface area contributed by atoms with Crippen LogP contribution >= 0.6 is 11.8 Å². The topological polar surface area (TPSA) is 75.1 Å². The molecule has 0 aliphatic rings. The van der Waals surface area contributed by atoms with Crippen LogP contribution in [0, 0.1) is 0 Å². The summed E-state index contributed by atoms with van der Waals surface area (Å²) in [6.07, 6.45) is 2.07. The van der Waals surface area contributed by atoms with Crippen molar-refractivity contribution in [3.63, 3.8) is 0 Å². The van der Waals surface area contributed by atoms with E-state index in [1.165, 1.54) is 4.52 Å². The summed E-state index contributed by atoms with van der Waals surface area (Å²) in [4.78, 5) is 11.3. The molecule has 0 aliphatic heterocycles. The van der Waals surface area contributed by atoms with Crippen molar-refractivity contribution in [1.82, 2.24) is 19.8 Å². The molecule has 6 nitrogen and oxygen atoms in total. The predicted molar refractivity (Wildman–Crippen MR) is 69.7 cm³/mol. The fourth-order valence-electron chi connectivity index (χ4n) is 1.27. The Hall–Kier alpha value is -1.50. The number of H-pyrrole nitrogens is 1. The average molecular weight is 253 g/mol. The van der Waals surface area contributed by atoms with Gasteiger partial charge in [0.2, 0.25) is 0 Å². The molecule has 0 saturated heterocycles. The Balaban J connectivity index is 2.19. The molecule has 2 heterocycles. The van der Waals surface area contributed by atoms with E-state index in [4.69, 9.17) is 0 Å². The van der Waals surface area contributed by atoms with Crippen molar-refractivity contribution >= 4 is 23.2 Å². The maximum Gasteiger partial charge on any atom is 0.364 e. The van der Waals surface area contributed by atoms with Crippen LogP contribution in [0.15, 0.2) is 16.9 Å². The smallest absolute Gasteiger partial charge is 0.364 e. The van der Waals surface area contributed by atoms with Gasteiger partial charge in [0, 0.05) is 11.3 Å². The van der Waals surface area contributed by atoms with Crippen LogP contribution in [-0.4, -0.2) is 37.4 Å². The zero-order chi connectivity index (χ0) is 12.5. The molecule has 0 bridgehead atoms. The van der Waals surface area contributed by atoms with Gasteiger partial charge in [0.25, 0.3) is 0 Å². The first-order valence-corrected chi connectivity index (χ1v) is 6.48. The van der Waals surface area contributed by atoms with Gasteiger partial charge in [0.1, 0.15) is 5.82 Å². The second-order valence-corrected chi connectivity index (χ2v) is 5.85. The third-order valence-electron chi connectivity index (χ3n) is 2.52. The highest BCUT2D eigenvalue weighted by atomic mass is 32.2. The Morgan fingerprint density at radius 2 is 2.29 bits per heavy atom. The van der Waals surface area contributed by atoms with Crippen LogP contribution in [-0.2, 0) is 0 Å². The molecule has 0 spiro atoms. The number of rotatable bonds is 4. The molecule has 0 saturated carbocycles. The number of fused-ring (bicyclic) bond motifs is 1. The lowest BCUT2D eigenvalue weighted by Gasteiger charge is -2.22. The van der Waals surface area contributed by atoms with Gasteiger partial charge in [-0.3, -0.25) is 0 Å². The zero-order valence-corrected chi connectivity index (χ0v) is 10.8. The van der Waals surface area contributed by atoms with E-state index in [2.05, 4.69) is 40.7 Å². The van der Waals surface area contributed by atoms with E-state index in [0.29, 0.717) is 11.5 Å². The van der Waals surface area contributed by atoms with E-state index in [-0.39, 0.29) is 10.4 Å². The van der Waals surface area contributed by atoms with Crippen molar-refractivity contribution in [2.75, 3.05) is 18.1 Å². The number of hydrogen-bond donors (Lipinski definition) is 2. The number of aromatic nitrogens is 4. The molecule has 0 unspecified atom stereocenters. The van der Waals surface area contributed by atoms with Gasteiger partial charge in [-0.15, -0.1) is 5.10 Å². The zero-order valence-electron chi connectivity index (χ0n) is 10.0. The summed E-state index contributed by atoms with van der Waals surface area (Å²) in [6.45, 7) is 5.07. The second-order valence-electron chi connectivity index (χ2n) is 4.33. The molecular weight excluding hydrogens is 238 g/mol. The molecule has 2 N–H and O–H groups in total. The molecule has 92 valence electrons. The molecule has 7 heteroatoms. The fourth-order valence-corrected chi connectivity index (χ4v) is 1.49. The van der Waals surface area contributed by atoms with Gasteiger partial charge in [0.05, 0.1) is 0 Å². The van der Waals surface area contributed by atoms with Crippen molar-refractivity contribution in [1.29, 1.82) is 0 Å². The first-order chi connectivity index (χ1) is 8.02. The van der Waals surface area contributed by atoms with Crippen LogP contribution in [0.25, 0.3) is 5.65 Å². The minimum Gasteiger partial charge on any atom is -0.367 e. The molecule has 2 aromatic heterocycles. The van der Waals surface area contributed by atoms with Crippen LogP contribution in [0.5, 0.6) is 0 Å². The van der Waals surface area contributed by atoms with Gasteiger partial charge in [0.15, 0.2) is 5.65 Å². The molecule has 0 radical (unpaired) electrons. The average Bonchev–Trinajstić information content (AvgIpc) is 2.69. The number of anilines is 1. The maximum atomic E-state index is 11.3. The lowest BCUT2D eigenvalue weighted by molar-refractivity contribution is 0.745. The highest BCUT2D eigenvalue weighted by Gasteiger charge is 2.15.